The minimum absolute atomic E-state index is 0.138. The van der Waals surface area contributed by atoms with Gasteiger partial charge in [0.25, 0.3) is 0 Å². The maximum absolute atomic E-state index is 12.5. The quantitative estimate of drug-likeness (QED) is 0.395. The third-order valence-corrected chi connectivity index (χ3v) is 4.81. The first-order valence-corrected chi connectivity index (χ1v) is 8.94. The molecule has 0 aliphatic carbocycles. The third kappa shape index (κ3) is 2.77. The lowest BCUT2D eigenvalue weighted by molar-refractivity contribution is 0.0575. The summed E-state index contributed by atoms with van der Waals surface area (Å²) in [5.41, 5.74) is 2.00. The summed E-state index contributed by atoms with van der Waals surface area (Å²) >= 11 is 0. The molecule has 0 unspecified atom stereocenters. The van der Waals surface area contributed by atoms with Crippen LogP contribution in [-0.2, 0) is 10.3 Å². The van der Waals surface area contributed by atoms with E-state index in [1.165, 1.54) is 13.4 Å². The maximum atomic E-state index is 12.5. The van der Waals surface area contributed by atoms with E-state index in [9.17, 15) is 4.79 Å². The van der Waals surface area contributed by atoms with Gasteiger partial charge in [0.2, 0.25) is 5.82 Å². The van der Waals surface area contributed by atoms with Gasteiger partial charge in [-0.05, 0) is 16.7 Å². The second-order valence-electron chi connectivity index (χ2n) is 6.30. The van der Waals surface area contributed by atoms with Crippen LogP contribution in [0, 0.1) is 0 Å². The molecular formula is C23H19N3O2. The number of aromatic nitrogens is 3. The van der Waals surface area contributed by atoms with Crippen LogP contribution in [0.2, 0.25) is 0 Å². The highest BCUT2D eigenvalue weighted by Gasteiger charge is 2.42. The van der Waals surface area contributed by atoms with Gasteiger partial charge in [0, 0.05) is 0 Å². The van der Waals surface area contributed by atoms with E-state index in [-0.39, 0.29) is 5.82 Å². The summed E-state index contributed by atoms with van der Waals surface area (Å²) in [5, 5.41) is 4.49. The average Bonchev–Trinajstić information content (AvgIpc) is 3.26. The summed E-state index contributed by atoms with van der Waals surface area (Å²) in [5.74, 6) is -0.399. The molecule has 4 rings (SSSR count). The van der Waals surface area contributed by atoms with E-state index in [1.807, 2.05) is 91.0 Å². The molecule has 0 radical (unpaired) electrons. The first kappa shape index (κ1) is 17.7. The molecule has 0 bridgehead atoms. The van der Waals surface area contributed by atoms with Crippen LogP contribution in [0.4, 0.5) is 0 Å². The van der Waals surface area contributed by atoms with Gasteiger partial charge in [0.05, 0.1) is 7.11 Å². The van der Waals surface area contributed by atoms with E-state index in [2.05, 4.69) is 10.1 Å². The molecule has 5 nitrogen and oxygen atoms in total. The zero-order valence-electron chi connectivity index (χ0n) is 15.4. The highest BCUT2D eigenvalue weighted by molar-refractivity contribution is 5.85. The van der Waals surface area contributed by atoms with Crippen molar-refractivity contribution >= 4 is 5.97 Å². The van der Waals surface area contributed by atoms with E-state index >= 15 is 0 Å². The molecular weight excluding hydrogens is 350 g/mol. The predicted molar refractivity (Wildman–Crippen MR) is 106 cm³/mol. The molecule has 0 fully saturated rings. The fourth-order valence-corrected chi connectivity index (χ4v) is 3.62. The van der Waals surface area contributed by atoms with Crippen molar-refractivity contribution in [3.05, 3.63) is 120 Å². The molecule has 0 N–H and O–H groups in total. The Morgan fingerprint density at radius 3 is 1.61 bits per heavy atom. The van der Waals surface area contributed by atoms with Gasteiger partial charge in [-0.15, -0.1) is 0 Å². The highest BCUT2D eigenvalue weighted by Crippen LogP contribution is 2.40. The summed E-state index contributed by atoms with van der Waals surface area (Å²) < 4.78 is 6.63. The van der Waals surface area contributed by atoms with Crippen LogP contribution >= 0.6 is 0 Å². The topological polar surface area (TPSA) is 57.0 Å². The monoisotopic (exact) mass is 369 g/mol. The number of carbonyl (C=O) groups excluding carboxylic acids is 1. The Kier molecular flexibility index (Phi) is 4.72. The van der Waals surface area contributed by atoms with Crippen LogP contribution in [0.1, 0.15) is 27.3 Å². The van der Waals surface area contributed by atoms with Crippen LogP contribution < -0.4 is 0 Å². The standard InChI is InChI=1S/C23H19N3O2/c1-28-22(27)21-24-17-25-26(21)23(18-11-5-2-6-12-18,19-13-7-3-8-14-19)20-15-9-4-10-16-20/h2-17H,1H3. The fourth-order valence-electron chi connectivity index (χ4n) is 3.62. The normalized spacial score (nSPS) is 11.2. The molecule has 0 aliphatic heterocycles. The number of rotatable bonds is 5. The van der Waals surface area contributed by atoms with Gasteiger partial charge in [-0.1, -0.05) is 91.0 Å². The van der Waals surface area contributed by atoms with E-state index < -0.39 is 11.5 Å². The average molecular weight is 369 g/mol. The van der Waals surface area contributed by atoms with Crippen molar-refractivity contribution in [2.75, 3.05) is 7.11 Å². The second-order valence-corrected chi connectivity index (χ2v) is 6.30. The molecule has 5 heteroatoms. The van der Waals surface area contributed by atoms with Crippen LogP contribution in [0.25, 0.3) is 0 Å². The lowest BCUT2D eigenvalue weighted by Crippen LogP contribution is -2.40. The Morgan fingerprint density at radius 2 is 1.21 bits per heavy atom. The van der Waals surface area contributed by atoms with Crippen molar-refractivity contribution < 1.29 is 9.53 Å². The molecule has 3 aromatic carbocycles. The Labute approximate surface area is 163 Å². The second kappa shape index (κ2) is 7.48. The van der Waals surface area contributed by atoms with Gasteiger partial charge in [0.1, 0.15) is 11.9 Å². The summed E-state index contributed by atoms with van der Waals surface area (Å²) in [4.78, 5) is 16.7. The van der Waals surface area contributed by atoms with Gasteiger partial charge in [-0.2, -0.15) is 5.10 Å². The van der Waals surface area contributed by atoms with Crippen LogP contribution in [0.5, 0.6) is 0 Å². The van der Waals surface area contributed by atoms with Crippen molar-refractivity contribution in [3.63, 3.8) is 0 Å². The van der Waals surface area contributed by atoms with Gasteiger partial charge >= 0.3 is 5.97 Å². The van der Waals surface area contributed by atoms with E-state index in [1.54, 1.807) is 4.68 Å². The molecule has 0 saturated heterocycles. The molecule has 0 amide bonds. The van der Waals surface area contributed by atoms with E-state index in [0.717, 1.165) is 16.7 Å². The van der Waals surface area contributed by atoms with Crippen molar-refractivity contribution in [1.82, 2.24) is 14.8 Å². The smallest absolute Gasteiger partial charge is 0.375 e. The van der Waals surface area contributed by atoms with E-state index in [0.29, 0.717) is 0 Å². The number of benzene rings is 3. The first-order chi connectivity index (χ1) is 13.8. The highest BCUT2D eigenvalue weighted by atomic mass is 16.5. The number of carbonyl (C=O) groups is 1. The van der Waals surface area contributed by atoms with Crippen molar-refractivity contribution in [1.29, 1.82) is 0 Å². The van der Waals surface area contributed by atoms with Crippen LogP contribution in [-0.4, -0.2) is 27.8 Å². The molecule has 0 spiro atoms. The summed E-state index contributed by atoms with van der Waals surface area (Å²) in [7, 11) is 1.34. The Bertz CT molecular complexity index is 964. The molecule has 4 aromatic rings. The molecule has 1 heterocycles. The Morgan fingerprint density at radius 1 is 0.786 bits per heavy atom. The lowest BCUT2D eigenvalue weighted by Gasteiger charge is -2.36. The molecule has 1 aromatic heterocycles. The maximum Gasteiger partial charge on any atom is 0.375 e. The minimum atomic E-state index is -0.885. The zero-order chi connectivity index (χ0) is 19.4. The summed E-state index contributed by atoms with van der Waals surface area (Å²) in [6.45, 7) is 0. The SMILES string of the molecule is COC(=O)c1ncnn1C(c1ccccc1)(c1ccccc1)c1ccccc1. The van der Waals surface area contributed by atoms with E-state index in [4.69, 9.17) is 4.74 Å². The Balaban J connectivity index is 2.15. The lowest BCUT2D eigenvalue weighted by atomic mass is 9.77. The fraction of sp³-hybridized carbons (Fsp3) is 0.0870. The van der Waals surface area contributed by atoms with Crippen LogP contribution in [0.15, 0.2) is 97.3 Å². The molecule has 0 aliphatic rings. The van der Waals surface area contributed by atoms with Gasteiger partial charge in [-0.25, -0.2) is 14.5 Å². The van der Waals surface area contributed by atoms with Gasteiger partial charge < -0.3 is 4.74 Å². The molecule has 0 saturated carbocycles. The number of hydrogen-bond acceptors (Lipinski definition) is 4. The minimum Gasteiger partial charge on any atom is -0.463 e. The van der Waals surface area contributed by atoms with Crippen molar-refractivity contribution in [2.24, 2.45) is 0 Å². The number of nitrogens with zero attached hydrogens (tertiary/aromatic N) is 3. The summed E-state index contributed by atoms with van der Waals surface area (Å²) in [6.07, 6.45) is 1.38. The van der Waals surface area contributed by atoms with Crippen molar-refractivity contribution in [3.8, 4) is 0 Å². The third-order valence-electron chi connectivity index (χ3n) is 4.81. The zero-order valence-corrected chi connectivity index (χ0v) is 15.4. The van der Waals surface area contributed by atoms with Crippen molar-refractivity contribution in [2.45, 2.75) is 5.54 Å². The summed E-state index contributed by atoms with van der Waals surface area (Å²) in [6, 6.07) is 29.9. The number of hydrogen-bond donors (Lipinski definition) is 0. The predicted octanol–water partition coefficient (Wildman–Crippen LogP) is 3.90. The number of methoxy groups -OCH3 is 1. The Hall–Kier alpha value is -3.73. The number of esters is 1. The largest absolute Gasteiger partial charge is 0.463 e. The molecule has 138 valence electrons. The first-order valence-electron chi connectivity index (χ1n) is 8.94. The van der Waals surface area contributed by atoms with Crippen LogP contribution in [0.3, 0.4) is 0 Å². The van der Waals surface area contributed by atoms with Gasteiger partial charge in [-0.3, -0.25) is 0 Å². The van der Waals surface area contributed by atoms with Gasteiger partial charge in [0.15, 0.2) is 0 Å². The molecule has 28 heavy (non-hydrogen) atoms. The number of ether oxygens (including phenoxy) is 1. The molecule has 0 atom stereocenters.